The topological polar surface area (TPSA) is 43.1 Å². The number of thiophene rings is 1. The van der Waals surface area contributed by atoms with Crippen LogP contribution in [0.4, 0.5) is 0 Å². The fraction of sp³-hybridized carbons (Fsp3) is 0.500. The van der Waals surface area contributed by atoms with E-state index in [-0.39, 0.29) is 17.7 Å². The zero-order valence-electron chi connectivity index (χ0n) is 7.70. The van der Waals surface area contributed by atoms with Crippen LogP contribution in [0.1, 0.15) is 28.9 Å². The van der Waals surface area contributed by atoms with E-state index in [1.807, 2.05) is 11.4 Å². The van der Waals surface area contributed by atoms with E-state index in [1.54, 1.807) is 0 Å². The molecule has 4 heteroatoms. The summed E-state index contributed by atoms with van der Waals surface area (Å²) in [6.45, 7) is 0. The minimum Gasteiger partial charge on any atom is -0.327 e. The Morgan fingerprint density at radius 2 is 2.36 bits per heavy atom. The molecule has 0 saturated heterocycles. The third-order valence-electron chi connectivity index (χ3n) is 2.75. The maximum Gasteiger partial charge on any atom is 0.178 e. The summed E-state index contributed by atoms with van der Waals surface area (Å²) in [5.41, 5.74) is 5.90. The second-order valence-electron chi connectivity index (χ2n) is 3.66. The lowest BCUT2D eigenvalue weighted by molar-refractivity contribution is 0.0917. The quantitative estimate of drug-likeness (QED) is 0.843. The number of ketones is 1. The predicted octanol–water partition coefficient (Wildman–Crippen LogP) is 2.82. The van der Waals surface area contributed by atoms with Crippen LogP contribution in [0.25, 0.3) is 0 Å². The summed E-state index contributed by atoms with van der Waals surface area (Å²) in [6, 6.07) is 1.98. The molecule has 0 aliphatic heterocycles. The molecule has 0 amide bonds. The van der Waals surface area contributed by atoms with Gasteiger partial charge < -0.3 is 5.73 Å². The Balaban J connectivity index is 2.20. The van der Waals surface area contributed by atoms with Crippen LogP contribution in [0.3, 0.4) is 0 Å². The molecule has 0 bridgehead atoms. The first-order valence-electron chi connectivity index (χ1n) is 4.73. The van der Waals surface area contributed by atoms with Gasteiger partial charge in [0, 0.05) is 16.4 Å². The lowest BCUT2D eigenvalue weighted by Crippen LogP contribution is -2.30. The van der Waals surface area contributed by atoms with Crippen molar-refractivity contribution in [2.45, 2.75) is 25.3 Å². The third kappa shape index (κ3) is 1.78. The molecule has 2 atom stereocenters. The molecule has 0 aromatic carbocycles. The van der Waals surface area contributed by atoms with Gasteiger partial charge in [0.05, 0.1) is 4.88 Å². The summed E-state index contributed by atoms with van der Waals surface area (Å²) >= 11 is 4.88. The van der Waals surface area contributed by atoms with Crippen molar-refractivity contribution in [2.24, 2.45) is 11.7 Å². The second-order valence-corrected chi connectivity index (χ2v) is 5.43. The van der Waals surface area contributed by atoms with Crippen molar-refractivity contribution >= 4 is 33.0 Å². The number of hydrogen-bond donors (Lipinski definition) is 1. The summed E-state index contributed by atoms with van der Waals surface area (Å²) in [5, 5.41) is 1.93. The Labute approximate surface area is 95.6 Å². The molecule has 14 heavy (non-hydrogen) atoms. The van der Waals surface area contributed by atoms with E-state index in [0.29, 0.717) is 0 Å². The first-order valence-corrected chi connectivity index (χ1v) is 6.40. The van der Waals surface area contributed by atoms with Gasteiger partial charge in [0.1, 0.15) is 0 Å². The van der Waals surface area contributed by atoms with E-state index in [2.05, 4.69) is 15.9 Å². The number of hydrogen-bond acceptors (Lipinski definition) is 3. The maximum absolute atomic E-state index is 12.0. The van der Waals surface area contributed by atoms with Crippen molar-refractivity contribution in [2.75, 3.05) is 0 Å². The van der Waals surface area contributed by atoms with E-state index in [0.717, 1.165) is 28.6 Å². The van der Waals surface area contributed by atoms with Crippen LogP contribution in [0, 0.1) is 5.92 Å². The van der Waals surface area contributed by atoms with Crippen LogP contribution >= 0.6 is 27.3 Å². The molecular weight excluding hydrogens is 262 g/mol. The molecule has 0 radical (unpaired) electrons. The molecule has 1 heterocycles. The monoisotopic (exact) mass is 273 g/mol. The van der Waals surface area contributed by atoms with E-state index >= 15 is 0 Å². The molecular formula is C10H12BrNOS. The Hall–Kier alpha value is -0.190. The Kier molecular flexibility index (Phi) is 3.04. The highest BCUT2D eigenvalue weighted by Crippen LogP contribution is 2.32. The molecule has 1 fully saturated rings. The van der Waals surface area contributed by atoms with Crippen LogP contribution in [-0.2, 0) is 0 Å². The zero-order chi connectivity index (χ0) is 10.1. The summed E-state index contributed by atoms with van der Waals surface area (Å²) in [7, 11) is 0. The van der Waals surface area contributed by atoms with Crippen molar-refractivity contribution < 1.29 is 4.79 Å². The maximum atomic E-state index is 12.0. The molecule has 1 aliphatic carbocycles. The van der Waals surface area contributed by atoms with Gasteiger partial charge in [0.15, 0.2) is 5.78 Å². The lowest BCUT2D eigenvalue weighted by Gasteiger charge is -2.12. The van der Waals surface area contributed by atoms with Crippen LogP contribution in [0.5, 0.6) is 0 Å². The standard InChI is InChI=1S/C10H12BrNOS/c11-7-4-5-14-10(7)9(13)6-2-1-3-8(6)12/h4-6,8H,1-3,12H2. The molecule has 0 spiro atoms. The average Bonchev–Trinajstić information content (AvgIpc) is 2.73. The van der Waals surface area contributed by atoms with E-state index in [4.69, 9.17) is 5.73 Å². The second kappa shape index (κ2) is 4.13. The third-order valence-corrected chi connectivity index (χ3v) is 4.60. The summed E-state index contributed by atoms with van der Waals surface area (Å²) in [4.78, 5) is 12.9. The van der Waals surface area contributed by atoms with Gasteiger partial charge in [-0.2, -0.15) is 0 Å². The van der Waals surface area contributed by atoms with Gasteiger partial charge in [-0.3, -0.25) is 4.79 Å². The number of halogens is 1. The van der Waals surface area contributed by atoms with Crippen molar-refractivity contribution in [3.63, 3.8) is 0 Å². The highest BCUT2D eigenvalue weighted by Gasteiger charge is 2.32. The number of rotatable bonds is 2. The van der Waals surface area contributed by atoms with Crippen LogP contribution in [0.15, 0.2) is 15.9 Å². The normalized spacial score (nSPS) is 26.7. The first kappa shape index (κ1) is 10.3. The van der Waals surface area contributed by atoms with E-state index in [1.165, 1.54) is 11.3 Å². The SMILES string of the molecule is NC1CCCC1C(=O)c1sccc1Br. The van der Waals surface area contributed by atoms with Crippen molar-refractivity contribution in [3.8, 4) is 0 Å². The first-order chi connectivity index (χ1) is 6.70. The summed E-state index contributed by atoms with van der Waals surface area (Å²) < 4.78 is 0.909. The van der Waals surface area contributed by atoms with Gasteiger partial charge in [0.2, 0.25) is 0 Å². The van der Waals surface area contributed by atoms with Gasteiger partial charge in [0.25, 0.3) is 0 Å². The Morgan fingerprint density at radius 1 is 1.57 bits per heavy atom. The number of nitrogens with two attached hydrogens (primary N) is 1. The van der Waals surface area contributed by atoms with E-state index < -0.39 is 0 Å². The smallest absolute Gasteiger partial charge is 0.178 e. The predicted molar refractivity (Wildman–Crippen MR) is 61.7 cm³/mol. The Morgan fingerprint density at radius 3 is 2.86 bits per heavy atom. The number of Topliss-reactive ketones (excluding diaryl/α,β-unsaturated/α-hetero) is 1. The van der Waals surface area contributed by atoms with Crippen molar-refractivity contribution in [3.05, 3.63) is 20.8 Å². The van der Waals surface area contributed by atoms with Crippen LogP contribution < -0.4 is 5.73 Å². The fourth-order valence-corrected chi connectivity index (χ4v) is 3.52. The highest BCUT2D eigenvalue weighted by molar-refractivity contribution is 9.10. The van der Waals surface area contributed by atoms with Gasteiger partial charge in [-0.05, 0) is 40.2 Å². The average molecular weight is 274 g/mol. The van der Waals surface area contributed by atoms with E-state index in [9.17, 15) is 4.79 Å². The highest BCUT2D eigenvalue weighted by atomic mass is 79.9. The fourth-order valence-electron chi connectivity index (χ4n) is 1.95. The molecule has 2 N–H and O–H groups in total. The molecule has 1 aliphatic rings. The zero-order valence-corrected chi connectivity index (χ0v) is 10.1. The molecule has 1 saturated carbocycles. The van der Waals surface area contributed by atoms with Gasteiger partial charge in [-0.1, -0.05) is 6.42 Å². The molecule has 1 aromatic heterocycles. The van der Waals surface area contributed by atoms with Crippen molar-refractivity contribution in [1.82, 2.24) is 0 Å². The van der Waals surface area contributed by atoms with Gasteiger partial charge in [-0.15, -0.1) is 11.3 Å². The minimum atomic E-state index is 0.0462. The molecule has 2 unspecified atom stereocenters. The van der Waals surface area contributed by atoms with Gasteiger partial charge >= 0.3 is 0 Å². The molecule has 2 nitrogen and oxygen atoms in total. The minimum absolute atomic E-state index is 0.0462. The lowest BCUT2D eigenvalue weighted by atomic mass is 9.98. The summed E-state index contributed by atoms with van der Waals surface area (Å²) in [5.74, 6) is 0.266. The van der Waals surface area contributed by atoms with Crippen LogP contribution in [-0.4, -0.2) is 11.8 Å². The van der Waals surface area contributed by atoms with Gasteiger partial charge in [-0.25, -0.2) is 0 Å². The molecule has 2 rings (SSSR count). The van der Waals surface area contributed by atoms with Crippen molar-refractivity contribution in [1.29, 1.82) is 0 Å². The largest absolute Gasteiger partial charge is 0.327 e. The molecule has 76 valence electrons. The number of carbonyl (C=O) groups is 1. The summed E-state index contributed by atoms with van der Waals surface area (Å²) in [6.07, 6.45) is 3.02. The Bertz CT molecular complexity index is 350. The molecule has 1 aromatic rings. The number of carbonyl (C=O) groups excluding carboxylic acids is 1. The van der Waals surface area contributed by atoms with Crippen LogP contribution in [0.2, 0.25) is 0 Å².